The highest BCUT2D eigenvalue weighted by Gasteiger charge is 2.24. The van der Waals surface area contributed by atoms with Crippen molar-refractivity contribution >= 4 is 45.8 Å². The highest BCUT2D eigenvalue weighted by atomic mass is 123. The van der Waals surface area contributed by atoms with Crippen LogP contribution in [-0.4, -0.2) is 61.6 Å². The first-order valence-corrected chi connectivity index (χ1v) is 12.9. The van der Waals surface area contributed by atoms with Gasteiger partial charge in [-0.2, -0.15) is 0 Å². The zero-order valence-corrected chi connectivity index (χ0v) is 23.0. The average molecular weight is 632 g/mol. The van der Waals surface area contributed by atoms with Crippen LogP contribution in [0.25, 0.3) is 0 Å². The molecule has 0 spiro atoms. The molecule has 2 aromatic carbocycles. The number of ether oxygens (including phenoxy) is 2. The predicted octanol–water partition coefficient (Wildman–Crippen LogP) is 3.77. The molecule has 0 radical (unpaired) electrons. The molecule has 3 aromatic rings. The topological polar surface area (TPSA) is 110 Å². The summed E-state index contributed by atoms with van der Waals surface area (Å²) >= 11 is 14.0. The van der Waals surface area contributed by atoms with Gasteiger partial charge in [0.25, 0.3) is 0 Å². The van der Waals surface area contributed by atoms with Crippen molar-refractivity contribution < 1.29 is 24.8 Å². The summed E-state index contributed by atoms with van der Waals surface area (Å²) in [5.41, 5.74) is 2.26. The molecule has 0 aliphatic carbocycles. The summed E-state index contributed by atoms with van der Waals surface area (Å²) in [6.45, 7) is 4.29. The van der Waals surface area contributed by atoms with E-state index in [-0.39, 0.29) is 37.7 Å². The second-order valence-corrected chi connectivity index (χ2v) is 10.3. The molecule has 8 nitrogen and oxygen atoms in total. The van der Waals surface area contributed by atoms with Crippen molar-refractivity contribution in [2.45, 2.75) is 44.6 Å². The smallest absolute Gasteiger partial charge is 0.149 e. The van der Waals surface area contributed by atoms with Crippen LogP contribution in [0.2, 0.25) is 5.02 Å². The van der Waals surface area contributed by atoms with E-state index in [9.17, 15) is 15.3 Å². The molecular formula is C24H28Cl2IN3O5. The lowest BCUT2D eigenvalue weighted by Crippen LogP contribution is -2.25. The van der Waals surface area contributed by atoms with Crippen LogP contribution in [0.3, 0.4) is 0 Å². The van der Waals surface area contributed by atoms with Gasteiger partial charge in [-0.15, -0.1) is 16.7 Å². The molecule has 11 heteroatoms. The number of rotatable bonds is 12. The minimum Gasteiger partial charge on any atom is -0.491 e. The highest BCUT2D eigenvalue weighted by Crippen LogP contribution is 2.36. The fourth-order valence-corrected chi connectivity index (χ4v) is 4.29. The first-order valence-electron chi connectivity index (χ1n) is 10.9. The van der Waals surface area contributed by atoms with Gasteiger partial charge in [-0.3, -0.25) is 0 Å². The molecule has 35 heavy (non-hydrogen) atoms. The Morgan fingerprint density at radius 1 is 1.03 bits per heavy atom. The number of aliphatic hydroxyl groups is 3. The van der Waals surface area contributed by atoms with Gasteiger partial charge in [-0.1, -0.05) is 48.9 Å². The molecule has 0 saturated carbocycles. The van der Waals surface area contributed by atoms with Crippen molar-refractivity contribution in [3.8, 4) is 11.5 Å². The maximum Gasteiger partial charge on any atom is 0.149 e. The van der Waals surface area contributed by atoms with E-state index in [2.05, 4.69) is 24.2 Å². The summed E-state index contributed by atoms with van der Waals surface area (Å²) in [5, 5.41) is 37.6. The molecule has 3 N–H and O–H groups in total. The normalized spacial score (nSPS) is 13.5. The van der Waals surface area contributed by atoms with Crippen molar-refractivity contribution in [3.63, 3.8) is 0 Å². The Morgan fingerprint density at radius 3 is 2.31 bits per heavy atom. The Labute approximate surface area is 227 Å². The third kappa shape index (κ3) is 7.21. The van der Waals surface area contributed by atoms with Crippen LogP contribution in [0, 0.1) is 3.70 Å². The van der Waals surface area contributed by atoms with Gasteiger partial charge in [-0.05, 0) is 58.0 Å². The second-order valence-electron chi connectivity index (χ2n) is 8.55. The molecule has 2 atom stereocenters. The maximum atomic E-state index is 10.3. The van der Waals surface area contributed by atoms with Gasteiger partial charge in [0.05, 0.1) is 29.7 Å². The number of hydrogen-bond donors (Lipinski definition) is 3. The molecule has 0 aliphatic rings. The van der Waals surface area contributed by atoms with Crippen LogP contribution in [0.15, 0.2) is 42.5 Å². The number of hydrogen-bond acceptors (Lipinski definition) is 7. The van der Waals surface area contributed by atoms with E-state index in [0.717, 1.165) is 11.1 Å². The molecule has 190 valence electrons. The standard InChI is InChI=1S/C24H28Cl2IN3O5/c1-24(2,16-5-8-22(20(26)9-16)35-13-17(32)10-25)15-3-6-19(7-4-15)34-14-18(33)11-30-21(12-31)23(27)28-29-30/h3-9,17-18,31-33H,10-14H2,1-2H3/t17-,18-/m1/s1/i27-4. The zero-order valence-electron chi connectivity index (χ0n) is 19.4. The van der Waals surface area contributed by atoms with E-state index < -0.39 is 12.2 Å². The van der Waals surface area contributed by atoms with E-state index in [1.807, 2.05) is 59.0 Å². The Kier molecular flexibility index (Phi) is 10.0. The van der Waals surface area contributed by atoms with Crippen LogP contribution in [-0.2, 0) is 18.6 Å². The summed E-state index contributed by atoms with van der Waals surface area (Å²) in [7, 11) is 0. The number of halogens is 3. The molecule has 0 fully saturated rings. The van der Waals surface area contributed by atoms with Gasteiger partial charge in [0.2, 0.25) is 0 Å². The zero-order chi connectivity index (χ0) is 25.6. The summed E-state index contributed by atoms with van der Waals surface area (Å²) in [6.07, 6.45) is -1.57. The van der Waals surface area contributed by atoms with Gasteiger partial charge >= 0.3 is 0 Å². The lowest BCUT2D eigenvalue weighted by molar-refractivity contribution is 0.0866. The van der Waals surface area contributed by atoms with E-state index in [0.29, 0.717) is 25.9 Å². The number of aliphatic hydroxyl groups excluding tert-OH is 3. The summed E-state index contributed by atoms with van der Waals surface area (Å²) in [4.78, 5) is 0. The number of benzene rings is 2. The minimum absolute atomic E-state index is 0.0690. The quantitative estimate of drug-likeness (QED) is 0.206. The molecule has 1 aromatic heterocycles. The Bertz CT molecular complexity index is 1110. The third-order valence-corrected chi connectivity index (χ3v) is 7.09. The van der Waals surface area contributed by atoms with Gasteiger partial charge in [0.15, 0.2) is 0 Å². The van der Waals surface area contributed by atoms with Gasteiger partial charge in [0, 0.05) is 5.41 Å². The SMILES string of the molecule is CC(C)(c1ccc(OC[C@H](O)Cn2nnc([123I])c2CO)cc1)c1ccc(OC[C@H](O)CCl)c(Cl)c1. The minimum atomic E-state index is -0.817. The van der Waals surface area contributed by atoms with Crippen molar-refractivity contribution in [2.24, 2.45) is 0 Å². The number of alkyl halides is 1. The van der Waals surface area contributed by atoms with Crippen LogP contribution in [0.5, 0.6) is 11.5 Å². The first-order chi connectivity index (χ1) is 16.6. The Balaban J connectivity index is 1.61. The van der Waals surface area contributed by atoms with E-state index >= 15 is 0 Å². The van der Waals surface area contributed by atoms with Crippen LogP contribution in [0.1, 0.15) is 30.7 Å². The Hall–Kier alpha value is -1.63. The summed E-state index contributed by atoms with van der Waals surface area (Å²) < 4.78 is 13.4. The molecule has 1 heterocycles. The predicted molar refractivity (Wildman–Crippen MR) is 142 cm³/mol. The molecular weight excluding hydrogens is 604 g/mol. The maximum absolute atomic E-state index is 10.3. The summed E-state index contributed by atoms with van der Waals surface area (Å²) in [5.74, 6) is 1.20. The van der Waals surface area contributed by atoms with Crippen molar-refractivity contribution in [1.29, 1.82) is 0 Å². The number of nitrogens with zero attached hydrogens (tertiary/aromatic N) is 3. The van der Waals surface area contributed by atoms with Crippen molar-refractivity contribution in [1.82, 2.24) is 15.0 Å². The van der Waals surface area contributed by atoms with Crippen LogP contribution in [0.4, 0.5) is 0 Å². The van der Waals surface area contributed by atoms with E-state index in [4.69, 9.17) is 32.7 Å². The van der Waals surface area contributed by atoms with Crippen LogP contribution >= 0.6 is 45.8 Å². The van der Waals surface area contributed by atoms with Gasteiger partial charge in [0.1, 0.15) is 40.6 Å². The fraction of sp³-hybridized carbons (Fsp3) is 0.417. The Morgan fingerprint density at radius 2 is 1.69 bits per heavy atom. The van der Waals surface area contributed by atoms with Crippen molar-refractivity contribution in [3.05, 3.63) is 68.0 Å². The fourth-order valence-electron chi connectivity index (χ4n) is 3.42. The first kappa shape index (κ1) is 27.9. The number of aromatic nitrogens is 3. The largest absolute Gasteiger partial charge is 0.491 e. The third-order valence-electron chi connectivity index (χ3n) is 5.60. The van der Waals surface area contributed by atoms with Crippen molar-refractivity contribution in [2.75, 3.05) is 19.1 Å². The second kappa shape index (κ2) is 12.6. The molecule has 0 bridgehead atoms. The van der Waals surface area contributed by atoms with Crippen LogP contribution < -0.4 is 9.47 Å². The monoisotopic (exact) mass is 631 g/mol. The summed E-state index contributed by atoms with van der Waals surface area (Å²) in [6, 6.07) is 13.2. The molecule has 0 unspecified atom stereocenters. The molecule has 0 amide bonds. The van der Waals surface area contributed by atoms with Gasteiger partial charge < -0.3 is 24.8 Å². The average Bonchev–Trinajstić information content (AvgIpc) is 3.20. The molecule has 0 aliphatic heterocycles. The molecule has 3 rings (SSSR count). The molecule has 0 saturated heterocycles. The van der Waals surface area contributed by atoms with E-state index in [1.54, 1.807) is 6.07 Å². The van der Waals surface area contributed by atoms with Gasteiger partial charge in [-0.25, -0.2) is 4.68 Å². The highest BCUT2D eigenvalue weighted by molar-refractivity contribution is 14.1. The lowest BCUT2D eigenvalue weighted by atomic mass is 9.78. The lowest BCUT2D eigenvalue weighted by Gasteiger charge is -2.27. The van der Waals surface area contributed by atoms with E-state index in [1.165, 1.54) is 4.68 Å².